The number of anilines is 1. The van der Waals surface area contributed by atoms with Gasteiger partial charge in [-0.3, -0.25) is 4.79 Å². The minimum absolute atomic E-state index is 0.0596. The van der Waals surface area contributed by atoms with Crippen molar-refractivity contribution in [1.82, 2.24) is 14.5 Å². The van der Waals surface area contributed by atoms with Gasteiger partial charge in [0.2, 0.25) is 15.4 Å². The molecule has 1 aliphatic heterocycles. The molecule has 8 nitrogen and oxygen atoms in total. The van der Waals surface area contributed by atoms with Crippen LogP contribution in [0.1, 0.15) is 26.2 Å². The first-order valence-electron chi connectivity index (χ1n) is 6.65. The van der Waals surface area contributed by atoms with Gasteiger partial charge in [-0.25, -0.2) is 8.42 Å². The predicted molar refractivity (Wildman–Crippen MR) is 77.4 cm³/mol. The molecule has 0 spiro atoms. The Hall–Kier alpha value is -1.10. The molecule has 21 heavy (non-hydrogen) atoms. The normalized spacial score (nSPS) is 20.4. The second kappa shape index (κ2) is 6.77. The first kappa shape index (κ1) is 16.3. The Balaban J connectivity index is 2.13. The summed E-state index contributed by atoms with van der Waals surface area (Å²) in [6.45, 7) is 2.21. The molecule has 0 radical (unpaired) electrons. The van der Waals surface area contributed by atoms with Gasteiger partial charge in [-0.05, 0) is 25.2 Å². The number of aliphatic hydroxyl groups is 1. The molecule has 2 rings (SSSR count). The molecular formula is C11H18N4O4S2. The van der Waals surface area contributed by atoms with Gasteiger partial charge >= 0.3 is 0 Å². The molecule has 1 saturated heterocycles. The summed E-state index contributed by atoms with van der Waals surface area (Å²) in [5.41, 5.74) is 0. The molecule has 0 aromatic carbocycles. The number of aromatic nitrogens is 2. The van der Waals surface area contributed by atoms with E-state index >= 15 is 0 Å². The molecule has 2 N–H and O–H groups in total. The van der Waals surface area contributed by atoms with E-state index in [1.807, 2.05) is 0 Å². The zero-order chi connectivity index (χ0) is 15.5. The molecule has 1 fully saturated rings. The van der Waals surface area contributed by atoms with Crippen LogP contribution in [0, 0.1) is 5.92 Å². The highest BCUT2D eigenvalue weighted by Gasteiger charge is 2.32. The summed E-state index contributed by atoms with van der Waals surface area (Å²) >= 11 is 0.843. The molecule has 1 aromatic heterocycles. The lowest BCUT2D eigenvalue weighted by Gasteiger charge is -2.30. The zero-order valence-electron chi connectivity index (χ0n) is 11.7. The molecule has 1 aromatic rings. The van der Waals surface area contributed by atoms with E-state index < -0.39 is 10.0 Å². The number of piperidine rings is 1. The highest BCUT2D eigenvalue weighted by molar-refractivity contribution is 7.91. The second-order valence-corrected chi connectivity index (χ2v) is 8.03. The van der Waals surface area contributed by atoms with E-state index in [9.17, 15) is 13.2 Å². The van der Waals surface area contributed by atoms with Crippen molar-refractivity contribution in [3.8, 4) is 0 Å². The van der Waals surface area contributed by atoms with Gasteiger partial charge in [0.25, 0.3) is 10.0 Å². The molecule has 1 amide bonds. The van der Waals surface area contributed by atoms with Gasteiger partial charge in [-0.15, -0.1) is 10.2 Å². The predicted octanol–water partition coefficient (Wildman–Crippen LogP) is 0.280. The van der Waals surface area contributed by atoms with Crippen LogP contribution in [0.2, 0.25) is 0 Å². The quantitative estimate of drug-likeness (QED) is 0.748. The van der Waals surface area contributed by atoms with Crippen LogP contribution in [0.5, 0.6) is 0 Å². The lowest BCUT2D eigenvalue weighted by molar-refractivity contribution is -0.114. The number of sulfonamides is 1. The summed E-state index contributed by atoms with van der Waals surface area (Å²) in [4.78, 5) is 10.9. The Bertz CT molecular complexity index is 599. The molecule has 0 aliphatic carbocycles. The fourth-order valence-corrected chi connectivity index (χ4v) is 4.93. The van der Waals surface area contributed by atoms with Crippen molar-refractivity contribution in [3.63, 3.8) is 0 Å². The largest absolute Gasteiger partial charge is 0.396 e. The Morgan fingerprint density at radius 2 is 2.29 bits per heavy atom. The minimum Gasteiger partial charge on any atom is -0.396 e. The van der Waals surface area contributed by atoms with Crippen molar-refractivity contribution >= 4 is 32.4 Å². The van der Waals surface area contributed by atoms with Gasteiger partial charge in [0.1, 0.15) is 0 Å². The Morgan fingerprint density at radius 1 is 1.52 bits per heavy atom. The molecule has 118 valence electrons. The van der Waals surface area contributed by atoms with Crippen molar-refractivity contribution < 1.29 is 18.3 Å². The van der Waals surface area contributed by atoms with Crippen molar-refractivity contribution in [2.24, 2.45) is 5.92 Å². The maximum atomic E-state index is 12.5. The summed E-state index contributed by atoms with van der Waals surface area (Å²) in [5.74, 6) is -0.155. The van der Waals surface area contributed by atoms with E-state index in [-0.39, 0.29) is 27.9 Å². The number of hydrogen-bond acceptors (Lipinski definition) is 7. The second-order valence-electron chi connectivity index (χ2n) is 4.94. The van der Waals surface area contributed by atoms with Crippen LogP contribution >= 0.6 is 11.3 Å². The van der Waals surface area contributed by atoms with Gasteiger partial charge in [-0.1, -0.05) is 11.3 Å². The van der Waals surface area contributed by atoms with Gasteiger partial charge in [-0.2, -0.15) is 4.31 Å². The number of hydrogen-bond donors (Lipinski definition) is 2. The van der Waals surface area contributed by atoms with Crippen LogP contribution in [-0.2, 0) is 14.8 Å². The Kier molecular flexibility index (Phi) is 5.25. The molecule has 1 atom stereocenters. The van der Waals surface area contributed by atoms with Crippen LogP contribution in [0.15, 0.2) is 4.34 Å². The van der Waals surface area contributed by atoms with E-state index in [1.165, 1.54) is 11.2 Å². The fraction of sp³-hybridized carbons (Fsp3) is 0.727. The number of rotatable bonds is 5. The number of carbonyl (C=O) groups is 1. The summed E-state index contributed by atoms with van der Waals surface area (Å²) in [5, 5.41) is 18.9. The van der Waals surface area contributed by atoms with E-state index in [0.717, 1.165) is 24.2 Å². The van der Waals surface area contributed by atoms with Gasteiger partial charge in [0.15, 0.2) is 0 Å². The van der Waals surface area contributed by atoms with Crippen LogP contribution < -0.4 is 5.32 Å². The topological polar surface area (TPSA) is 112 Å². The van der Waals surface area contributed by atoms with Crippen molar-refractivity contribution in [3.05, 3.63) is 0 Å². The number of carbonyl (C=O) groups excluding carboxylic acids is 1. The number of aliphatic hydroxyl groups excluding tert-OH is 1. The van der Waals surface area contributed by atoms with Gasteiger partial charge in [0, 0.05) is 26.6 Å². The first-order valence-corrected chi connectivity index (χ1v) is 8.91. The van der Waals surface area contributed by atoms with Gasteiger partial charge < -0.3 is 10.4 Å². The van der Waals surface area contributed by atoms with Crippen molar-refractivity contribution in [2.75, 3.05) is 25.0 Å². The standard InChI is InChI=1S/C11H18N4O4S2/c1-8(17)12-10-13-14-11(20-10)21(18,19)15-5-2-3-9(7-15)4-6-16/h9,16H,2-7H2,1H3,(H,12,13,17). The monoisotopic (exact) mass is 334 g/mol. The third kappa shape index (κ3) is 3.96. The summed E-state index contributed by atoms with van der Waals surface area (Å²) in [6.07, 6.45) is 2.28. The minimum atomic E-state index is -3.68. The highest BCUT2D eigenvalue weighted by Crippen LogP contribution is 2.28. The molecule has 1 aliphatic rings. The summed E-state index contributed by atoms with van der Waals surface area (Å²) in [7, 11) is -3.68. The highest BCUT2D eigenvalue weighted by atomic mass is 32.2. The van der Waals surface area contributed by atoms with E-state index in [0.29, 0.717) is 19.5 Å². The number of amides is 1. The molecule has 1 unspecified atom stereocenters. The third-order valence-electron chi connectivity index (χ3n) is 3.27. The molecule has 0 saturated carbocycles. The van der Waals surface area contributed by atoms with Crippen LogP contribution in [0.3, 0.4) is 0 Å². The van der Waals surface area contributed by atoms with E-state index in [4.69, 9.17) is 5.11 Å². The molecule has 2 heterocycles. The Morgan fingerprint density at radius 3 is 2.95 bits per heavy atom. The van der Waals surface area contributed by atoms with Crippen LogP contribution in [-0.4, -0.2) is 53.6 Å². The molecule has 10 heteroatoms. The lowest BCUT2D eigenvalue weighted by Crippen LogP contribution is -2.40. The third-order valence-corrected chi connectivity index (χ3v) is 6.32. The smallest absolute Gasteiger partial charge is 0.272 e. The average molecular weight is 334 g/mol. The molecular weight excluding hydrogens is 316 g/mol. The molecule has 0 bridgehead atoms. The maximum absolute atomic E-state index is 12.5. The fourth-order valence-electron chi connectivity index (χ4n) is 2.29. The average Bonchev–Trinajstić information content (AvgIpc) is 2.88. The summed E-state index contributed by atoms with van der Waals surface area (Å²) in [6, 6.07) is 0. The maximum Gasteiger partial charge on any atom is 0.272 e. The Labute approximate surface area is 127 Å². The first-order chi connectivity index (χ1) is 9.93. The lowest BCUT2D eigenvalue weighted by atomic mass is 9.97. The van der Waals surface area contributed by atoms with Crippen molar-refractivity contribution in [1.29, 1.82) is 0 Å². The van der Waals surface area contributed by atoms with Crippen LogP contribution in [0.4, 0.5) is 5.13 Å². The number of nitrogens with zero attached hydrogens (tertiary/aromatic N) is 3. The van der Waals surface area contributed by atoms with Gasteiger partial charge in [0.05, 0.1) is 0 Å². The van der Waals surface area contributed by atoms with E-state index in [1.54, 1.807) is 0 Å². The summed E-state index contributed by atoms with van der Waals surface area (Å²) < 4.78 is 26.3. The van der Waals surface area contributed by atoms with Crippen molar-refractivity contribution in [2.45, 2.75) is 30.5 Å². The zero-order valence-corrected chi connectivity index (χ0v) is 13.3. The van der Waals surface area contributed by atoms with Crippen LogP contribution in [0.25, 0.3) is 0 Å². The number of nitrogens with one attached hydrogen (secondary N) is 1. The SMILES string of the molecule is CC(=O)Nc1nnc(S(=O)(=O)N2CCCC(CCO)C2)s1. The van der Waals surface area contributed by atoms with E-state index in [2.05, 4.69) is 15.5 Å².